The third-order valence-electron chi connectivity index (χ3n) is 6.22. The smallest absolute Gasteiger partial charge is 0.226 e. The molecule has 1 atom stereocenters. The van der Waals surface area contributed by atoms with Crippen molar-refractivity contribution in [2.24, 2.45) is 5.92 Å². The molecule has 0 saturated heterocycles. The summed E-state index contributed by atoms with van der Waals surface area (Å²) in [6.45, 7) is 9.84. The first kappa shape index (κ1) is 30.2. The van der Waals surface area contributed by atoms with Gasteiger partial charge in [-0.2, -0.15) is 5.26 Å². The van der Waals surface area contributed by atoms with Crippen molar-refractivity contribution in [1.82, 2.24) is 25.1 Å². The van der Waals surface area contributed by atoms with E-state index in [4.69, 9.17) is 40.7 Å². The summed E-state index contributed by atoms with van der Waals surface area (Å²) in [5.41, 5.74) is 3.26. The number of aromatic nitrogens is 2. The third kappa shape index (κ3) is 8.82. The Morgan fingerprint density at radius 2 is 2.00 bits per heavy atom. The average Bonchev–Trinajstić information content (AvgIpc) is 3.35. The summed E-state index contributed by atoms with van der Waals surface area (Å²) < 4.78 is 1.94. The maximum atomic E-state index is 13.2. The minimum absolute atomic E-state index is 0.110. The zero-order chi connectivity index (χ0) is 28.4. The highest BCUT2D eigenvalue weighted by atomic mass is 35.5. The van der Waals surface area contributed by atoms with Gasteiger partial charge in [0.2, 0.25) is 5.91 Å². The quantitative estimate of drug-likeness (QED) is 0.221. The molecule has 1 heterocycles. The van der Waals surface area contributed by atoms with Crippen molar-refractivity contribution in [2.75, 3.05) is 13.1 Å². The van der Waals surface area contributed by atoms with Crippen molar-refractivity contribution in [1.29, 1.82) is 5.26 Å². The van der Waals surface area contributed by atoms with Gasteiger partial charge in [0.25, 0.3) is 0 Å². The molecule has 1 unspecified atom stereocenters. The van der Waals surface area contributed by atoms with E-state index in [0.717, 1.165) is 16.8 Å². The Labute approximate surface area is 245 Å². The van der Waals surface area contributed by atoms with Gasteiger partial charge >= 0.3 is 0 Å². The van der Waals surface area contributed by atoms with Gasteiger partial charge in [-0.15, -0.1) is 6.58 Å². The summed E-state index contributed by atoms with van der Waals surface area (Å²) in [5.74, 6) is 0.0260. The number of amides is 1. The predicted octanol–water partition coefficient (Wildman–Crippen LogP) is 5.36. The van der Waals surface area contributed by atoms with E-state index in [-0.39, 0.29) is 24.3 Å². The lowest BCUT2D eigenvalue weighted by atomic mass is 10.0. The van der Waals surface area contributed by atoms with Gasteiger partial charge in [0.05, 0.1) is 34.4 Å². The van der Waals surface area contributed by atoms with Gasteiger partial charge in [-0.05, 0) is 47.5 Å². The first-order chi connectivity index (χ1) is 18.7. The number of carbonyl (C=O) groups is 1. The summed E-state index contributed by atoms with van der Waals surface area (Å²) in [6, 6.07) is 14.8. The number of imidazole rings is 1. The van der Waals surface area contributed by atoms with Gasteiger partial charge < -0.3 is 20.1 Å². The van der Waals surface area contributed by atoms with Crippen molar-refractivity contribution in [3.63, 3.8) is 0 Å². The Morgan fingerprint density at radius 1 is 1.26 bits per heavy atom. The second-order valence-corrected chi connectivity index (χ2v) is 10.7. The Kier molecular flexibility index (Phi) is 11.4. The normalized spacial score (nSPS) is 11.5. The van der Waals surface area contributed by atoms with Crippen molar-refractivity contribution < 1.29 is 4.79 Å². The molecule has 1 aromatic heterocycles. The largest absolute Gasteiger partial charge is 0.359 e. The Hall–Kier alpha value is -3.38. The summed E-state index contributed by atoms with van der Waals surface area (Å²) in [4.78, 5) is 19.4. The molecule has 3 rings (SSSR count). The SMILES string of the molecule is C=CCNC(=S)N(Cc1cccc(Cl)c1Cl)CC(NC(=O)Cc1cncn1Cc1ccc(C#N)cc1)C(C)C. The van der Waals surface area contributed by atoms with E-state index >= 15 is 0 Å². The number of halogens is 2. The fraction of sp³-hybridized carbons (Fsp3) is 0.310. The molecular formula is C29H32Cl2N6OS. The summed E-state index contributed by atoms with van der Waals surface area (Å²) in [5, 5.41) is 16.9. The van der Waals surface area contributed by atoms with Crippen LogP contribution in [-0.4, -0.2) is 44.6 Å². The summed E-state index contributed by atoms with van der Waals surface area (Å²) in [6.07, 6.45) is 5.33. The minimum atomic E-state index is -0.186. The fourth-order valence-electron chi connectivity index (χ4n) is 3.97. The van der Waals surface area contributed by atoms with E-state index in [1.165, 1.54) is 0 Å². The van der Waals surface area contributed by atoms with Crippen LogP contribution in [0.4, 0.5) is 0 Å². The molecule has 0 spiro atoms. The standard InChI is InChI=1S/C29H32Cl2N6OS/c1-4-12-34-29(39)36(17-23-6-5-7-25(30)28(23)31)18-26(20(2)3)35-27(38)13-24-15-33-19-37(24)16-22-10-8-21(14-32)9-11-22/h4-11,15,19-20,26H,1,12-13,16-18H2,2-3H3,(H,34,39)(H,35,38). The first-order valence-corrected chi connectivity index (χ1v) is 13.7. The maximum Gasteiger partial charge on any atom is 0.226 e. The van der Waals surface area contributed by atoms with Crippen LogP contribution in [0.1, 0.15) is 36.2 Å². The Bertz CT molecular complexity index is 1330. The van der Waals surface area contributed by atoms with Gasteiger partial charge in [0, 0.05) is 44.1 Å². The molecule has 39 heavy (non-hydrogen) atoms. The molecule has 0 saturated carbocycles. The van der Waals surface area contributed by atoms with Crippen molar-refractivity contribution in [3.05, 3.63) is 100 Å². The van der Waals surface area contributed by atoms with Crippen molar-refractivity contribution in [2.45, 2.75) is 39.4 Å². The molecule has 10 heteroatoms. The van der Waals surface area contributed by atoms with E-state index in [2.05, 4.69) is 42.1 Å². The first-order valence-electron chi connectivity index (χ1n) is 12.6. The Balaban J connectivity index is 1.71. The zero-order valence-electron chi connectivity index (χ0n) is 22.0. The van der Waals surface area contributed by atoms with Crippen LogP contribution in [0.5, 0.6) is 0 Å². The molecule has 0 fully saturated rings. The van der Waals surface area contributed by atoms with Gasteiger partial charge in [0.15, 0.2) is 5.11 Å². The lowest BCUT2D eigenvalue weighted by molar-refractivity contribution is -0.121. The molecular weight excluding hydrogens is 551 g/mol. The number of hydrogen-bond acceptors (Lipinski definition) is 4. The Morgan fingerprint density at radius 3 is 2.67 bits per heavy atom. The lowest BCUT2D eigenvalue weighted by Gasteiger charge is -2.32. The van der Waals surface area contributed by atoms with Crippen LogP contribution < -0.4 is 10.6 Å². The van der Waals surface area contributed by atoms with E-state index in [0.29, 0.717) is 46.9 Å². The number of nitrogens with zero attached hydrogens (tertiary/aromatic N) is 4. The number of rotatable bonds is 12. The second-order valence-electron chi connectivity index (χ2n) is 9.48. The van der Waals surface area contributed by atoms with E-state index < -0.39 is 0 Å². The van der Waals surface area contributed by atoms with E-state index in [1.807, 2.05) is 33.7 Å². The second kappa shape index (κ2) is 14.7. The predicted molar refractivity (Wildman–Crippen MR) is 161 cm³/mol. The van der Waals surface area contributed by atoms with E-state index in [9.17, 15) is 4.79 Å². The van der Waals surface area contributed by atoms with Crippen LogP contribution >= 0.6 is 35.4 Å². The van der Waals surface area contributed by atoms with Crippen LogP contribution in [0.15, 0.2) is 67.6 Å². The number of hydrogen-bond donors (Lipinski definition) is 2. The highest BCUT2D eigenvalue weighted by molar-refractivity contribution is 7.80. The molecule has 2 N–H and O–H groups in total. The molecule has 0 aliphatic heterocycles. The zero-order valence-corrected chi connectivity index (χ0v) is 24.4. The average molecular weight is 584 g/mol. The van der Waals surface area contributed by atoms with Crippen molar-refractivity contribution in [3.8, 4) is 6.07 Å². The number of nitriles is 1. The summed E-state index contributed by atoms with van der Waals surface area (Å²) >= 11 is 18.4. The van der Waals surface area contributed by atoms with Gasteiger partial charge in [-0.3, -0.25) is 4.79 Å². The molecule has 0 aliphatic rings. The number of nitrogens with one attached hydrogen (secondary N) is 2. The minimum Gasteiger partial charge on any atom is -0.359 e. The molecule has 0 radical (unpaired) electrons. The number of benzene rings is 2. The monoisotopic (exact) mass is 582 g/mol. The number of carbonyl (C=O) groups excluding carboxylic acids is 1. The highest BCUT2D eigenvalue weighted by Gasteiger charge is 2.23. The molecule has 0 bridgehead atoms. The van der Waals surface area contributed by atoms with Gasteiger partial charge in [-0.1, -0.05) is 67.4 Å². The highest BCUT2D eigenvalue weighted by Crippen LogP contribution is 2.27. The molecule has 7 nitrogen and oxygen atoms in total. The van der Waals surface area contributed by atoms with Crippen LogP contribution in [0.25, 0.3) is 0 Å². The van der Waals surface area contributed by atoms with Crippen molar-refractivity contribution >= 4 is 46.4 Å². The molecule has 204 valence electrons. The molecule has 3 aromatic rings. The fourth-order valence-corrected chi connectivity index (χ4v) is 4.57. The topological polar surface area (TPSA) is 86.0 Å². The van der Waals surface area contributed by atoms with Gasteiger partial charge in [-0.25, -0.2) is 4.98 Å². The molecule has 0 aliphatic carbocycles. The molecule has 1 amide bonds. The van der Waals surface area contributed by atoms with Crippen LogP contribution in [-0.2, 0) is 24.3 Å². The van der Waals surface area contributed by atoms with E-state index in [1.54, 1.807) is 36.8 Å². The lowest BCUT2D eigenvalue weighted by Crippen LogP contribution is -2.50. The third-order valence-corrected chi connectivity index (χ3v) is 7.48. The maximum absolute atomic E-state index is 13.2. The molecule has 2 aromatic carbocycles. The number of thiocarbonyl (C=S) groups is 1. The van der Waals surface area contributed by atoms with Gasteiger partial charge in [0.1, 0.15) is 0 Å². The van der Waals surface area contributed by atoms with Crippen LogP contribution in [0, 0.1) is 17.2 Å². The van der Waals surface area contributed by atoms with Crippen LogP contribution in [0.3, 0.4) is 0 Å². The van der Waals surface area contributed by atoms with Crippen LogP contribution in [0.2, 0.25) is 10.0 Å². The summed E-state index contributed by atoms with van der Waals surface area (Å²) in [7, 11) is 0.